The molecule has 0 aliphatic rings. The summed E-state index contributed by atoms with van der Waals surface area (Å²) in [5.74, 6) is -0.0284. The Labute approximate surface area is 352 Å². The van der Waals surface area contributed by atoms with Crippen LogP contribution in [0.25, 0.3) is 0 Å². The minimum Gasteiger partial charge on any atom is -0.394 e. The Morgan fingerprint density at radius 3 is 0.982 bits per heavy atom. The van der Waals surface area contributed by atoms with Gasteiger partial charge < -0.3 is 15.5 Å². The molecule has 2 atom stereocenters. The number of aliphatic hydroxyl groups excluding tert-OH is 2. The van der Waals surface area contributed by atoms with Crippen molar-refractivity contribution in [2.24, 2.45) is 0 Å². The highest BCUT2D eigenvalue weighted by atomic mass is 16.3. The fourth-order valence-electron chi connectivity index (χ4n) is 8.30. The van der Waals surface area contributed by atoms with E-state index in [4.69, 9.17) is 0 Å². The third-order valence-electron chi connectivity index (χ3n) is 12.3. The second-order valence-corrected chi connectivity index (χ2v) is 17.9. The number of hydrogen-bond acceptors (Lipinski definition) is 3. The number of allylic oxidation sites excluding steroid dienone is 2. The van der Waals surface area contributed by atoms with Crippen molar-refractivity contribution in [1.82, 2.24) is 5.32 Å². The van der Waals surface area contributed by atoms with Crippen molar-refractivity contribution in [2.45, 2.75) is 309 Å². The monoisotopic (exact) mass is 790 g/mol. The molecule has 0 saturated carbocycles. The topological polar surface area (TPSA) is 69.6 Å². The van der Waals surface area contributed by atoms with Crippen LogP contribution < -0.4 is 5.32 Å². The van der Waals surface area contributed by atoms with Crippen LogP contribution in [0.2, 0.25) is 0 Å². The predicted octanol–water partition coefficient (Wildman–Crippen LogP) is 16.6. The average molecular weight is 790 g/mol. The highest BCUT2D eigenvalue weighted by Gasteiger charge is 2.20. The quantitative estimate of drug-likeness (QED) is 0.0425. The first-order chi connectivity index (χ1) is 27.7. The van der Waals surface area contributed by atoms with Gasteiger partial charge in [0.15, 0.2) is 0 Å². The summed E-state index contributed by atoms with van der Waals surface area (Å²) in [5, 5.41) is 23.3. The summed E-state index contributed by atoms with van der Waals surface area (Å²) < 4.78 is 0. The van der Waals surface area contributed by atoms with Crippen molar-refractivity contribution >= 4 is 5.91 Å². The van der Waals surface area contributed by atoms with Gasteiger partial charge in [0.05, 0.1) is 18.8 Å². The van der Waals surface area contributed by atoms with E-state index in [1.165, 1.54) is 244 Å². The van der Waals surface area contributed by atoms with Crippen molar-refractivity contribution in [2.75, 3.05) is 6.61 Å². The van der Waals surface area contributed by atoms with Crippen LogP contribution in [0.3, 0.4) is 0 Å². The number of hydrogen-bond donors (Lipinski definition) is 3. The molecule has 0 bridgehead atoms. The number of carbonyl (C=O) groups is 1. The van der Waals surface area contributed by atoms with E-state index in [1.54, 1.807) is 0 Å². The number of carbonyl (C=O) groups excluding carboxylic acids is 1. The molecule has 0 aromatic carbocycles. The Kier molecular flexibility index (Phi) is 47.7. The largest absolute Gasteiger partial charge is 0.394 e. The van der Waals surface area contributed by atoms with E-state index >= 15 is 0 Å². The second-order valence-electron chi connectivity index (χ2n) is 17.9. The molecule has 1 amide bonds. The van der Waals surface area contributed by atoms with Crippen LogP contribution in [-0.4, -0.2) is 34.9 Å². The lowest BCUT2D eigenvalue weighted by molar-refractivity contribution is -0.123. The van der Waals surface area contributed by atoms with Gasteiger partial charge in [-0.25, -0.2) is 0 Å². The van der Waals surface area contributed by atoms with Crippen molar-refractivity contribution in [3.63, 3.8) is 0 Å². The lowest BCUT2D eigenvalue weighted by Gasteiger charge is -2.22. The van der Waals surface area contributed by atoms with Gasteiger partial charge >= 0.3 is 0 Å². The molecule has 3 N–H and O–H groups in total. The fourth-order valence-corrected chi connectivity index (χ4v) is 8.30. The highest BCUT2D eigenvalue weighted by molar-refractivity contribution is 5.76. The van der Waals surface area contributed by atoms with E-state index in [0.717, 1.165) is 25.7 Å². The van der Waals surface area contributed by atoms with Gasteiger partial charge in [0, 0.05) is 6.42 Å². The van der Waals surface area contributed by atoms with Gasteiger partial charge in [-0.15, -0.1) is 0 Å². The number of unbranched alkanes of at least 4 members (excludes halogenated alkanes) is 39. The summed E-state index contributed by atoms with van der Waals surface area (Å²) in [5.41, 5.74) is 0. The fraction of sp³-hybridized carbons (Fsp3) is 0.942. The number of aliphatic hydroxyl groups is 2. The van der Waals surface area contributed by atoms with Crippen LogP contribution in [0, 0.1) is 0 Å². The van der Waals surface area contributed by atoms with Gasteiger partial charge in [0.2, 0.25) is 5.91 Å². The lowest BCUT2D eigenvalue weighted by atomic mass is 10.0. The van der Waals surface area contributed by atoms with E-state index in [9.17, 15) is 15.0 Å². The van der Waals surface area contributed by atoms with Crippen LogP contribution in [-0.2, 0) is 4.79 Å². The molecule has 0 saturated heterocycles. The summed E-state index contributed by atoms with van der Waals surface area (Å²) >= 11 is 0. The molecular formula is C52H103NO3. The van der Waals surface area contributed by atoms with Gasteiger partial charge in [0.1, 0.15) is 0 Å². The Balaban J connectivity index is 3.45. The lowest BCUT2D eigenvalue weighted by Crippen LogP contribution is -2.45. The smallest absolute Gasteiger partial charge is 0.220 e. The summed E-state index contributed by atoms with van der Waals surface area (Å²) in [6, 6.07) is -0.535. The van der Waals surface area contributed by atoms with Gasteiger partial charge in [-0.3, -0.25) is 4.79 Å². The van der Waals surface area contributed by atoms with Crippen LogP contribution in [0.15, 0.2) is 12.2 Å². The molecular weight excluding hydrogens is 687 g/mol. The maximum atomic E-state index is 12.5. The number of rotatable bonds is 48. The zero-order chi connectivity index (χ0) is 40.7. The predicted molar refractivity (Wildman–Crippen MR) is 249 cm³/mol. The van der Waals surface area contributed by atoms with Crippen LogP contribution >= 0.6 is 0 Å². The number of amides is 1. The van der Waals surface area contributed by atoms with Gasteiger partial charge in [-0.1, -0.05) is 264 Å². The van der Waals surface area contributed by atoms with Gasteiger partial charge in [0.25, 0.3) is 0 Å². The molecule has 334 valence electrons. The molecule has 56 heavy (non-hydrogen) atoms. The highest BCUT2D eigenvalue weighted by Crippen LogP contribution is 2.17. The van der Waals surface area contributed by atoms with E-state index < -0.39 is 12.1 Å². The van der Waals surface area contributed by atoms with Crippen molar-refractivity contribution in [1.29, 1.82) is 0 Å². The Bertz CT molecular complexity index is 769. The molecule has 0 aliphatic carbocycles. The van der Waals surface area contributed by atoms with Crippen molar-refractivity contribution < 1.29 is 15.0 Å². The molecule has 0 heterocycles. The molecule has 0 spiro atoms. The summed E-state index contributed by atoms with van der Waals surface area (Å²) in [4.78, 5) is 12.5. The zero-order valence-corrected chi connectivity index (χ0v) is 38.4. The molecule has 4 nitrogen and oxygen atoms in total. The van der Waals surface area contributed by atoms with Crippen LogP contribution in [0.5, 0.6) is 0 Å². The first kappa shape index (κ1) is 55.1. The normalized spacial score (nSPS) is 12.9. The zero-order valence-electron chi connectivity index (χ0n) is 38.4. The molecule has 0 aromatic heterocycles. The Morgan fingerprint density at radius 1 is 0.411 bits per heavy atom. The first-order valence-electron chi connectivity index (χ1n) is 25.9. The minimum atomic E-state index is -0.658. The SMILES string of the molecule is CCCCCCCCCC/C=C\CCCCCCCCCCCC(=O)NC(CO)C(O)CCCCCCCCCCCCCCCCCCCCCCCCC. The minimum absolute atomic E-state index is 0.0284. The van der Waals surface area contributed by atoms with E-state index in [2.05, 4.69) is 31.3 Å². The summed E-state index contributed by atoms with van der Waals surface area (Å²) in [6.07, 6.45) is 61.8. The Morgan fingerprint density at radius 2 is 0.679 bits per heavy atom. The second kappa shape index (κ2) is 48.5. The molecule has 0 aliphatic heterocycles. The summed E-state index contributed by atoms with van der Waals surface area (Å²) in [6.45, 7) is 4.39. The maximum absolute atomic E-state index is 12.5. The van der Waals surface area contributed by atoms with Crippen molar-refractivity contribution in [3.8, 4) is 0 Å². The van der Waals surface area contributed by atoms with Gasteiger partial charge in [-0.2, -0.15) is 0 Å². The standard InChI is InChI=1S/C52H103NO3/c1-3-5-7-9-11-13-15-17-19-21-23-25-26-28-29-31-33-35-37-39-41-43-45-47-51(55)50(49-54)53-52(56)48-46-44-42-40-38-36-34-32-30-27-24-22-20-18-16-14-12-10-8-6-4-2/h22,24,50-51,54-55H,3-21,23,25-49H2,1-2H3,(H,53,56)/b24-22-. The maximum Gasteiger partial charge on any atom is 0.220 e. The molecule has 0 aromatic rings. The third-order valence-corrected chi connectivity index (χ3v) is 12.3. The molecule has 0 radical (unpaired) electrons. The number of nitrogens with one attached hydrogen (secondary N) is 1. The van der Waals surface area contributed by atoms with E-state index in [-0.39, 0.29) is 12.5 Å². The van der Waals surface area contributed by atoms with Crippen LogP contribution in [0.4, 0.5) is 0 Å². The molecule has 0 rings (SSSR count). The van der Waals surface area contributed by atoms with E-state index in [0.29, 0.717) is 12.8 Å². The first-order valence-corrected chi connectivity index (χ1v) is 25.9. The third kappa shape index (κ3) is 44.2. The molecule has 0 fully saturated rings. The average Bonchev–Trinajstić information content (AvgIpc) is 3.20. The van der Waals surface area contributed by atoms with Gasteiger partial charge in [-0.05, 0) is 38.5 Å². The molecule has 2 unspecified atom stereocenters. The van der Waals surface area contributed by atoms with E-state index in [1.807, 2.05) is 0 Å². The summed E-state index contributed by atoms with van der Waals surface area (Å²) in [7, 11) is 0. The van der Waals surface area contributed by atoms with Crippen LogP contribution in [0.1, 0.15) is 296 Å². The van der Waals surface area contributed by atoms with Crippen molar-refractivity contribution in [3.05, 3.63) is 12.2 Å². The Hall–Kier alpha value is -0.870. The molecule has 4 heteroatoms.